The number of hydrogen-bond acceptors (Lipinski definition) is 8. The van der Waals surface area contributed by atoms with Gasteiger partial charge in [-0.05, 0) is 36.6 Å². The Balaban J connectivity index is 1.56. The van der Waals surface area contributed by atoms with Gasteiger partial charge in [0.05, 0.1) is 39.4 Å². The number of amides is 1. The number of benzene rings is 1. The Morgan fingerprint density at radius 2 is 1.81 bits per heavy atom. The van der Waals surface area contributed by atoms with E-state index in [0.717, 1.165) is 11.1 Å². The summed E-state index contributed by atoms with van der Waals surface area (Å²) < 4.78 is 21.7. The van der Waals surface area contributed by atoms with Crippen LogP contribution in [-0.4, -0.2) is 61.5 Å². The maximum Gasteiger partial charge on any atom is 0.339 e. The van der Waals surface area contributed by atoms with Crippen molar-refractivity contribution in [3.05, 3.63) is 58.6 Å². The fourth-order valence-corrected chi connectivity index (χ4v) is 4.61. The molecule has 2 aliphatic rings. The first-order chi connectivity index (χ1) is 17.3. The Labute approximate surface area is 210 Å². The van der Waals surface area contributed by atoms with E-state index >= 15 is 0 Å². The van der Waals surface area contributed by atoms with Gasteiger partial charge in [0.15, 0.2) is 23.0 Å². The van der Waals surface area contributed by atoms with Crippen molar-refractivity contribution in [2.75, 3.05) is 27.9 Å². The number of rotatable bonds is 9. The SMILES string of the molecule is COC(=O)c1ccc(CC(=O)[C@H](CC(C)C)N2CC3=C(Oc4c(OC)ccc(OC)c4C3)C2=O)nc1. The van der Waals surface area contributed by atoms with Crippen LogP contribution in [0.15, 0.2) is 41.8 Å². The average molecular weight is 495 g/mol. The molecule has 0 N–H and O–H groups in total. The molecule has 0 radical (unpaired) electrons. The van der Waals surface area contributed by atoms with Crippen LogP contribution in [0.1, 0.15) is 41.9 Å². The first-order valence-electron chi connectivity index (χ1n) is 11.8. The second-order valence-electron chi connectivity index (χ2n) is 9.24. The standard InChI is InChI=1S/C27H30N2O7/c1-15(2)10-20(21(30)12-18-7-6-16(13-28-18)27(32)35-5)29-14-17-11-19-22(33-3)8-9-23(34-4)25(19)36-24(17)26(29)31/h6-9,13,15,20H,10-12,14H2,1-5H3/t20-/m0/s1. The molecule has 0 aliphatic carbocycles. The van der Waals surface area contributed by atoms with Gasteiger partial charge in [-0.1, -0.05) is 13.8 Å². The molecule has 1 atom stereocenters. The first-order valence-corrected chi connectivity index (χ1v) is 11.8. The second kappa shape index (κ2) is 10.4. The third-order valence-corrected chi connectivity index (χ3v) is 6.40. The summed E-state index contributed by atoms with van der Waals surface area (Å²) in [4.78, 5) is 44.5. The minimum atomic E-state index is -0.638. The minimum absolute atomic E-state index is 0.0377. The van der Waals surface area contributed by atoms with Gasteiger partial charge in [-0.2, -0.15) is 0 Å². The van der Waals surface area contributed by atoms with Crippen LogP contribution in [0.5, 0.6) is 17.2 Å². The normalized spacial score (nSPS) is 15.3. The topological polar surface area (TPSA) is 104 Å². The van der Waals surface area contributed by atoms with Crippen molar-refractivity contribution in [2.45, 2.75) is 39.2 Å². The van der Waals surface area contributed by atoms with E-state index in [0.29, 0.717) is 47.9 Å². The highest BCUT2D eigenvalue weighted by molar-refractivity contribution is 6.00. The quantitative estimate of drug-likeness (QED) is 0.490. The number of nitrogens with zero attached hydrogens (tertiary/aromatic N) is 2. The van der Waals surface area contributed by atoms with Crippen molar-refractivity contribution in [1.29, 1.82) is 0 Å². The molecule has 36 heavy (non-hydrogen) atoms. The molecular formula is C27H30N2O7. The first kappa shape index (κ1) is 25.2. The van der Waals surface area contributed by atoms with Crippen LogP contribution in [-0.2, 0) is 27.2 Å². The van der Waals surface area contributed by atoms with E-state index in [1.54, 1.807) is 37.3 Å². The van der Waals surface area contributed by atoms with E-state index in [1.165, 1.54) is 13.3 Å². The molecular weight excluding hydrogens is 464 g/mol. The molecule has 4 rings (SSSR count). The third-order valence-electron chi connectivity index (χ3n) is 6.40. The molecule has 2 aromatic rings. The molecule has 0 bridgehead atoms. The van der Waals surface area contributed by atoms with Crippen molar-refractivity contribution in [2.24, 2.45) is 5.92 Å². The predicted octanol–water partition coefficient (Wildman–Crippen LogP) is 3.14. The van der Waals surface area contributed by atoms with E-state index < -0.39 is 12.0 Å². The Morgan fingerprint density at radius 3 is 2.42 bits per heavy atom. The molecule has 0 fully saturated rings. The highest BCUT2D eigenvalue weighted by atomic mass is 16.5. The lowest BCUT2D eigenvalue weighted by atomic mass is 9.96. The van der Waals surface area contributed by atoms with Crippen molar-refractivity contribution < 1.29 is 33.3 Å². The Bertz CT molecular complexity index is 1220. The van der Waals surface area contributed by atoms with Crippen LogP contribution in [0.3, 0.4) is 0 Å². The molecule has 9 heteroatoms. The fourth-order valence-electron chi connectivity index (χ4n) is 4.61. The van der Waals surface area contributed by atoms with Gasteiger partial charge in [0.2, 0.25) is 0 Å². The molecule has 190 valence electrons. The Morgan fingerprint density at radius 1 is 1.08 bits per heavy atom. The number of fused-ring (bicyclic) bond motifs is 1. The average Bonchev–Trinajstić information content (AvgIpc) is 3.20. The van der Waals surface area contributed by atoms with E-state index in [1.807, 2.05) is 19.9 Å². The summed E-state index contributed by atoms with van der Waals surface area (Å²) >= 11 is 0. The van der Waals surface area contributed by atoms with Crippen LogP contribution in [0.4, 0.5) is 0 Å². The van der Waals surface area contributed by atoms with Gasteiger partial charge in [-0.3, -0.25) is 14.6 Å². The lowest BCUT2D eigenvalue weighted by Crippen LogP contribution is -2.45. The number of hydrogen-bond donors (Lipinski definition) is 0. The zero-order valence-corrected chi connectivity index (χ0v) is 21.1. The Hall–Kier alpha value is -3.88. The molecule has 2 aliphatic heterocycles. The second-order valence-corrected chi connectivity index (χ2v) is 9.24. The molecule has 3 heterocycles. The monoisotopic (exact) mass is 494 g/mol. The van der Waals surface area contributed by atoms with Crippen molar-refractivity contribution in [3.8, 4) is 17.2 Å². The summed E-state index contributed by atoms with van der Waals surface area (Å²) in [5, 5.41) is 0. The summed E-state index contributed by atoms with van der Waals surface area (Å²) in [5.41, 5.74) is 2.44. The van der Waals surface area contributed by atoms with Crippen LogP contribution in [0.2, 0.25) is 0 Å². The maximum atomic E-state index is 13.5. The third kappa shape index (κ3) is 4.78. The van der Waals surface area contributed by atoms with E-state index in [-0.39, 0.29) is 29.8 Å². The zero-order valence-electron chi connectivity index (χ0n) is 21.1. The molecule has 1 aromatic carbocycles. The van der Waals surface area contributed by atoms with Crippen LogP contribution < -0.4 is 14.2 Å². The molecule has 1 aromatic heterocycles. The number of pyridine rings is 1. The smallest absolute Gasteiger partial charge is 0.339 e. The fraction of sp³-hybridized carbons (Fsp3) is 0.407. The van der Waals surface area contributed by atoms with Crippen molar-refractivity contribution in [3.63, 3.8) is 0 Å². The lowest BCUT2D eigenvalue weighted by Gasteiger charge is -2.28. The van der Waals surface area contributed by atoms with Crippen molar-refractivity contribution in [1.82, 2.24) is 9.88 Å². The van der Waals surface area contributed by atoms with Gasteiger partial charge in [-0.15, -0.1) is 0 Å². The van der Waals surface area contributed by atoms with Crippen LogP contribution in [0.25, 0.3) is 0 Å². The van der Waals surface area contributed by atoms with Crippen molar-refractivity contribution >= 4 is 17.7 Å². The number of Topliss-reactive ketones (excluding diaryl/α,β-unsaturated/α-hetero) is 1. The number of carbonyl (C=O) groups excluding carboxylic acids is 3. The molecule has 1 amide bonds. The summed E-state index contributed by atoms with van der Waals surface area (Å²) in [6.07, 6.45) is 2.40. The molecule has 0 spiro atoms. The number of ketones is 1. The lowest BCUT2D eigenvalue weighted by molar-refractivity contribution is -0.136. The number of aromatic nitrogens is 1. The van der Waals surface area contributed by atoms with E-state index in [4.69, 9.17) is 18.9 Å². The molecule has 0 saturated carbocycles. The minimum Gasteiger partial charge on any atom is -0.496 e. The summed E-state index contributed by atoms with van der Waals surface area (Å²) in [6.45, 7) is 4.32. The predicted molar refractivity (Wildman–Crippen MR) is 130 cm³/mol. The highest BCUT2D eigenvalue weighted by Crippen LogP contribution is 2.45. The summed E-state index contributed by atoms with van der Waals surface area (Å²) in [6, 6.07) is 6.12. The van der Waals surface area contributed by atoms with Crippen LogP contribution in [0, 0.1) is 5.92 Å². The van der Waals surface area contributed by atoms with Gasteiger partial charge in [0, 0.05) is 36.0 Å². The molecule has 0 saturated heterocycles. The van der Waals surface area contributed by atoms with Gasteiger partial charge in [0.25, 0.3) is 5.91 Å². The number of ether oxygens (including phenoxy) is 4. The molecule has 0 unspecified atom stereocenters. The Kier molecular flexibility index (Phi) is 7.28. The summed E-state index contributed by atoms with van der Waals surface area (Å²) in [5.74, 6) is 1.13. The maximum absolute atomic E-state index is 13.5. The van der Waals surface area contributed by atoms with E-state index in [2.05, 4.69) is 4.98 Å². The molecule has 9 nitrogen and oxygen atoms in total. The van der Waals surface area contributed by atoms with Gasteiger partial charge < -0.3 is 23.8 Å². The van der Waals surface area contributed by atoms with Gasteiger partial charge in [-0.25, -0.2) is 4.79 Å². The highest BCUT2D eigenvalue weighted by Gasteiger charge is 2.42. The number of carbonyl (C=O) groups is 3. The van der Waals surface area contributed by atoms with Gasteiger partial charge >= 0.3 is 5.97 Å². The van der Waals surface area contributed by atoms with Gasteiger partial charge in [0.1, 0.15) is 5.75 Å². The summed E-state index contributed by atoms with van der Waals surface area (Å²) in [7, 11) is 4.42. The number of esters is 1. The van der Waals surface area contributed by atoms with Crippen LogP contribution >= 0.6 is 0 Å². The zero-order chi connectivity index (χ0) is 26.0. The van der Waals surface area contributed by atoms with E-state index in [9.17, 15) is 14.4 Å². The largest absolute Gasteiger partial charge is 0.496 e. The number of methoxy groups -OCH3 is 3.